The van der Waals surface area contributed by atoms with E-state index in [2.05, 4.69) is 10.3 Å². The summed E-state index contributed by atoms with van der Waals surface area (Å²) in [5.74, 6) is -0.0739. The molecule has 0 unspecified atom stereocenters. The molecular formula is C14H15ClN2OS2. The molecule has 1 aromatic heterocycles. The number of amides is 1. The van der Waals surface area contributed by atoms with E-state index in [1.807, 2.05) is 38.3 Å². The highest BCUT2D eigenvalue weighted by Gasteiger charge is 2.12. The minimum atomic E-state index is -0.0739. The fourth-order valence-corrected chi connectivity index (χ4v) is 3.65. The quantitative estimate of drug-likeness (QED) is 0.851. The van der Waals surface area contributed by atoms with Crippen molar-refractivity contribution in [1.29, 1.82) is 0 Å². The molecule has 0 saturated carbocycles. The minimum Gasteiger partial charge on any atom is -0.324 e. The minimum absolute atomic E-state index is 0.0739. The van der Waals surface area contributed by atoms with Crippen LogP contribution in [0.25, 0.3) is 0 Å². The zero-order chi connectivity index (χ0) is 14.7. The molecule has 0 aliphatic heterocycles. The molecule has 2 aromatic rings. The molecule has 0 atom stereocenters. The van der Waals surface area contributed by atoms with Crippen LogP contribution < -0.4 is 5.32 Å². The Labute approximate surface area is 131 Å². The Morgan fingerprint density at radius 3 is 2.80 bits per heavy atom. The van der Waals surface area contributed by atoms with E-state index in [-0.39, 0.29) is 5.91 Å². The first-order valence-corrected chi connectivity index (χ1v) is 8.48. The molecule has 3 nitrogen and oxygen atoms in total. The molecule has 1 aromatic carbocycles. The van der Waals surface area contributed by atoms with Crippen LogP contribution in [0.3, 0.4) is 0 Å². The molecule has 0 bridgehead atoms. The van der Waals surface area contributed by atoms with Crippen LogP contribution >= 0.6 is 34.7 Å². The molecule has 0 fully saturated rings. The highest BCUT2D eigenvalue weighted by Crippen LogP contribution is 2.27. The molecule has 0 saturated heterocycles. The lowest BCUT2D eigenvalue weighted by Gasteiger charge is -2.07. The summed E-state index contributed by atoms with van der Waals surface area (Å²) >= 11 is 9.26. The van der Waals surface area contributed by atoms with Gasteiger partial charge in [-0.05, 0) is 37.8 Å². The highest BCUT2D eigenvalue weighted by molar-refractivity contribution is 8.00. The van der Waals surface area contributed by atoms with Crippen LogP contribution in [-0.2, 0) is 11.2 Å². The molecule has 2 rings (SSSR count). The summed E-state index contributed by atoms with van der Waals surface area (Å²) in [6, 6.07) is 5.58. The van der Waals surface area contributed by atoms with E-state index in [0.717, 1.165) is 20.5 Å². The molecular weight excluding hydrogens is 312 g/mol. The third kappa shape index (κ3) is 3.75. The topological polar surface area (TPSA) is 42.0 Å². The maximum atomic E-state index is 12.1. The van der Waals surface area contributed by atoms with Crippen LogP contribution in [0.15, 0.2) is 22.5 Å². The Morgan fingerprint density at radius 2 is 2.20 bits per heavy atom. The van der Waals surface area contributed by atoms with Crippen LogP contribution in [0.5, 0.6) is 0 Å². The molecule has 1 N–H and O–H groups in total. The molecule has 6 heteroatoms. The van der Waals surface area contributed by atoms with Crippen molar-refractivity contribution < 1.29 is 4.79 Å². The van der Waals surface area contributed by atoms with Gasteiger partial charge in [0.25, 0.3) is 0 Å². The molecule has 0 aliphatic rings. The lowest BCUT2D eigenvalue weighted by atomic mass is 10.2. The largest absolute Gasteiger partial charge is 0.324 e. The normalized spacial score (nSPS) is 10.6. The first-order valence-electron chi connectivity index (χ1n) is 6.06. The summed E-state index contributed by atoms with van der Waals surface area (Å²) in [6.07, 6.45) is 2.31. The molecule has 0 spiro atoms. The van der Waals surface area contributed by atoms with Gasteiger partial charge in [-0.15, -0.1) is 11.3 Å². The SMILES string of the molecule is CSc1nc(C)c(CC(=O)Nc2ccc(C)cc2Cl)s1. The van der Waals surface area contributed by atoms with E-state index >= 15 is 0 Å². The number of rotatable bonds is 4. The second kappa shape index (κ2) is 6.61. The predicted octanol–water partition coefficient (Wildman–Crippen LogP) is 4.32. The van der Waals surface area contributed by atoms with Gasteiger partial charge in [0.15, 0.2) is 0 Å². The van der Waals surface area contributed by atoms with Crippen molar-refractivity contribution in [1.82, 2.24) is 4.98 Å². The van der Waals surface area contributed by atoms with E-state index in [9.17, 15) is 4.79 Å². The van der Waals surface area contributed by atoms with Gasteiger partial charge >= 0.3 is 0 Å². The predicted molar refractivity (Wildman–Crippen MR) is 87.2 cm³/mol. The number of halogens is 1. The van der Waals surface area contributed by atoms with Crippen LogP contribution in [0.2, 0.25) is 5.02 Å². The number of carbonyl (C=O) groups excluding carboxylic acids is 1. The summed E-state index contributed by atoms with van der Waals surface area (Å²) in [7, 11) is 0. The third-order valence-electron chi connectivity index (χ3n) is 2.77. The molecule has 1 amide bonds. The number of anilines is 1. The van der Waals surface area contributed by atoms with Crippen molar-refractivity contribution in [3.05, 3.63) is 39.4 Å². The number of hydrogen-bond acceptors (Lipinski definition) is 4. The van der Waals surface area contributed by atoms with Crippen molar-refractivity contribution in [2.75, 3.05) is 11.6 Å². The zero-order valence-corrected chi connectivity index (χ0v) is 13.9. The molecule has 1 heterocycles. The Bertz CT molecular complexity index is 640. The fourth-order valence-electron chi connectivity index (χ4n) is 1.71. The van der Waals surface area contributed by atoms with E-state index in [0.29, 0.717) is 17.1 Å². The van der Waals surface area contributed by atoms with Gasteiger partial charge in [-0.3, -0.25) is 4.79 Å². The number of hydrogen-bond donors (Lipinski definition) is 1. The Balaban J connectivity index is 2.06. The van der Waals surface area contributed by atoms with Crippen molar-refractivity contribution in [2.24, 2.45) is 0 Å². The van der Waals surface area contributed by atoms with Crippen LogP contribution in [0.1, 0.15) is 16.1 Å². The Morgan fingerprint density at radius 1 is 1.45 bits per heavy atom. The van der Waals surface area contributed by atoms with Gasteiger partial charge < -0.3 is 5.32 Å². The fraction of sp³-hybridized carbons (Fsp3) is 0.286. The lowest BCUT2D eigenvalue weighted by molar-refractivity contribution is -0.115. The van der Waals surface area contributed by atoms with Crippen molar-refractivity contribution in [2.45, 2.75) is 24.6 Å². The number of aryl methyl sites for hydroxylation is 2. The lowest BCUT2D eigenvalue weighted by Crippen LogP contribution is -2.14. The highest BCUT2D eigenvalue weighted by atomic mass is 35.5. The number of thiazole rings is 1. The van der Waals surface area contributed by atoms with E-state index in [1.54, 1.807) is 23.1 Å². The van der Waals surface area contributed by atoms with Crippen LogP contribution in [-0.4, -0.2) is 17.1 Å². The van der Waals surface area contributed by atoms with Gasteiger partial charge in [-0.1, -0.05) is 29.4 Å². The average Bonchev–Trinajstić information content (AvgIpc) is 2.74. The molecule has 0 radical (unpaired) electrons. The Hall–Kier alpha value is -1.04. The summed E-state index contributed by atoms with van der Waals surface area (Å²) < 4.78 is 0.985. The van der Waals surface area contributed by atoms with Gasteiger partial charge in [0, 0.05) is 4.88 Å². The number of aromatic nitrogens is 1. The number of benzene rings is 1. The molecule has 106 valence electrons. The van der Waals surface area contributed by atoms with Crippen molar-refractivity contribution >= 4 is 46.3 Å². The molecule has 0 aliphatic carbocycles. The monoisotopic (exact) mass is 326 g/mol. The summed E-state index contributed by atoms with van der Waals surface area (Å²) in [6.45, 7) is 3.89. The second-order valence-corrected chi connectivity index (χ2v) is 6.94. The number of nitrogens with zero attached hydrogens (tertiary/aromatic N) is 1. The molecule has 20 heavy (non-hydrogen) atoms. The van der Waals surface area contributed by atoms with Gasteiger partial charge in [-0.25, -0.2) is 4.98 Å². The standard InChI is InChI=1S/C14H15ClN2OS2/c1-8-4-5-11(10(15)6-8)17-13(18)7-12-9(2)16-14(19-3)20-12/h4-6H,7H2,1-3H3,(H,17,18). The summed E-state index contributed by atoms with van der Waals surface area (Å²) in [4.78, 5) is 17.5. The van der Waals surface area contributed by atoms with E-state index in [4.69, 9.17) is 11.6 Å². The Kier molecular flexibility index (Phi) is 5.07. The third-order valence-corrected chi connectivity index (χ3v) is 5.22. The maximum absolute atomic E-state index is 12.1. The average molecular weight is 327 g/mol. The first-order chi connectivity index (χ1) is 9.49. The summed E-state index contributed by atoms with van der Waals surface area (Å²) in [5.41, 5.74) is 2.63. The van der Waals surface area contributed by atoms with Crippen molar-refractivity contribution in [3.8, 4) is 0 Å². The van der Waals surface area contributed by atoms with Gasteiger partial charge in [0.2, 0.25) is 5.91 Å². The van der Waals surface area contributed by atoms with Crippen LogP contribution in [0.4, 0.5) is 5.69 Å². The van der Waals surface area contributed by atoms with Crippen LogP contribution in [0, 0.1) is 13.8 Å². The summed E-state index contributed by atoms with van der Waals surface area (Å²) in [5, 5.41) is 3.40. The first kappa shape index (κ1) is 15.4. The maximum Gasteiger partial charge on any atom is 0.229 e. The number of thioether (sulfide) groups is 1. The number of nitrogens with one attached hydrogen (secondary N) is 1. The van der Waals surface area contributed by atoms with Gasteiger partial charge in [0.1, 0.15) is 4.34 Å². The van der Waals surface area contributed by atoms with E-state index in [1.165, 1.54) is 0 Å². The van der Waals surface area contributed by atoms with E-state index < -0.39 is 0 Å². The van der Waals surface area contributed by atoms with Gasteiger partial charge in [0.05, 0.1) is 22.8 Å². The smallest absolute Gasteiger partial charge is 0.229 e. The van der Waals surface area contributed by atoms with Crippen molar-refractivity contribution in [3.63, 3.8) is 0 Å². The van der Waals surface area contributed by atoms with Gasteiger partial charge in [-0.2, -0.15) is 0 Å². The second-order valence-electron chi connectivity index (χ2n) is 4.40. The zero-order valence-electron chi connectivity index (χ0n) is 11.5. The number of carbonyl (C=O) groups is 1.